The summed E-state index contributed by atoms with van der Waals surface area (Å²) in [4.78, 5) is 14.2. The van der Waals surface area contributed by atoms with E-state index in [0.717, 1.165) is 5.56 Å². The zero-order valence-electron chi connectivity index (χ0n) is 10.7. The number of benzene rings is 1. The number of rotatable bonds is 2. The molecular formula is C14H18ClNO2. The standard InChI is InChI=1S/C14H18ClNO2/c1-10-8-16(9-11(2)18-10)14(17)13-5-3-4-12(6-13)7-15/h3-6,10-11H,7-9H2,1-2H3. The van der Waals surface area contributed by atoms with Crippen molar-refractivity contribution in [3.8, 4) is 0 Å². The van der Waals surface area contributed by atoms with Crippen LogP contribution in [0.1, 0.15) is 29.8 Å². The molecule has 0 N–H and O–H groups in total. The molecule has 1 aromatic rings. The first-order valence-corrected chi connectivity index (χ1v) is 6.73. The Labute approximate surface area is 113 Å². The van der Waals surface area contributed by atoms with Gasteiger partial charge < -0.3 is 9.64 Å². The fourth-order valence-electron chi connectivity index (χ4n) is 2.31. The van der Waals surface area contributed by atoms with Crippen LogP contribution >= 0.6 is 11.6 Å². The Hall–Kier alpha value is -1.06. The number of halogens is 1. The third-order valence-corrected chi connectivity index (χ3v) is 3.34. The highest BCUT2D eigenvalue weighted by molar-refractivity contribution is 6.17. The van der Waals surface area contributed by atoms with Gasteiger partial charge in [0.2, 0.25) is 0 Å². The van der Waals surface area contributed by atoms with Crippen LogP contribution in [0.2, 0.25) is 0 Å². The Bertz CT molecular complexity index is 426. The van der Waals surface area contributed by atoms with Crippen LogP contribution in [0.25, 0.3) is 0 Å². The summed E-state index contributed by atoms with van der Waals surface area (Å²) in [6.45, 7) is 5.28. The molecule has 0 aromatic heterocycles. The molecule has 2 atom stereocenters. The number of hydrogen-bond acceptors (Lipinski definition) is 2. The van der Waals surface area contributed by atoms with Crippen molar-refractivity contribution in [2.45, 2.75) is 31.9 Å². The van der Waals surface area contributed by atoms with Crippen LogP contribution in [0.15, 0.2) is 24.3 Å². The van der Waals surface area contributed by atoms with Crippen molar-refractivity contribution >= 4 is 17.5 Å². The van der Waals surface area contributed by atoms with E-state index in [1.165, 1.54) is 0 Å². The zero-order chi connectivity index (χ0) is 13.1. The van der Waals surface area contributed by atoms with Gasteiger partial charge in [-0.2, -0.15) is 0 Å². The summed E-state index contributed by atoms with van der Waals surface area (Å²) in [6.07, 6.45) is 0.183. The number of morpholine rings is 1. The molecule has 1 fully saturated rings. The minimum Gasteiger partial charge on any atom is -0.372 e. The smallest absolute Gasteiger partial charge is 0.254 e. The largest absolute Gasteiger partial charge is 0.372 e. The Morgan fingerprint density at radius 1 is 1.39 bits per heavy atom. The second kappa shape index (κ2) is 5.72. The van der Waals surface area contributed by atoms with Gasteiger partial charge in [-0.25, -0.2) is 0 Å². The number of carbonyl (C=O) groups is 1. The van der Waals surface area contributed by atoms with E-state index in [9.17, 15) is 4.79 Å². The summed E-state index contributed by atoms with van der Waals surface area (Å²) < 4.78 is 5.63. The van der Waals surface area contributed by atoms with Gasteiger partial charge in [0.15, 0.2) is 0 Å². The summed E-state index contributed by atoms with van der Waals surface area (Å²) in [7, 11) is 0. The van der Waals surface area contributed by atoms with Crippen molar-refractivity contribution in [2.75, 3.05) is 13.1 Å². The quantitative estimate of drug-likeness (QED) is 0.771. The highest BCUT2D eigenvalue weighted by atomic mass is 35.5. The molecule has 0 bridgehead atoms. The molecule has 1 saturated heterocycles. The Morgan fingerprint density at radius 3 is 2.67 bits per heavy atom. The van der Waals surface area contributed by atoms with Crippen molar-refractivity contribution in [1.82, 2.24) is 4.90 Å². The fraction of sp³-hybridized carbons (Fsp3) is 0.500. The first-order valence-electron chi connectivity index (χ1n) is 6.19. The lowest BCUT2D eigenvalue weighted by Gasteiger charge is -2.35. The molecule has 1 aliphatic heterocycles. The summed E-state index contributed by atoms with van der Waals surface area (Å²) in [5.74, 6) is 0.487. The van der Waals surface area contributed by atoms with Crippen LogP contribution in [-0.2, 0) is 10.6 Å². The average Bonchev–Trinajstić information content (AvgIpc) is 2.37. The summed E-state index contributed by atoms with van der Waals surface area (Å²) in [6, 6.07) is 7.50. The summed E-state index contributed by atoms with van der Waals surface area (Å²) >= 11 is 5.79. The second-order valence-electron chi connectivity index (χ2n) is 4.80. The normalized spacial score (nSPS) is 24.1. The highest BCUT2D eigenvalue weighted by Crippen LogP contribution is 2.15. The number of ether oxygens (including phenoxy) is 1. The van der Waals surface area contributed by atoms with E-state index < -0.39 is 0 Å². The molecule has 3 nitrogen and oxygen atoms in total. The van der Waals surface area contributed by atoms with Crippen LogP contribution < -0.4 is 0 Å². The van der Waals surface area contributed by atoms with Gasteiger partial charge in [-0.15, -0.1) is 11.6 Å². The number of amides is 1. The van der Waals surface area contributed by atoms with Gasteiger partial charge in [0.1, 0.15) is 0 Å². The molecule has 2 unspecified atom stereocenters. The molecule has 1 heterocycles. The molecule has 2 rings (SSSR count). The third-order valence-electron chi connectivity index (χ3n) is 3.04. The molecule has 1 amide bonds. The van der Waals surface area contributed by atoms with Crippen LogP contribution in [0.4, 0.5) is 0 Å². The topological polar surface area (TPSA) is 29.5 Å². The van der Waals surface area contributed by atoms with E-state index in [1.807, 2.05) is 43.0 Å². The highest BCUT2D eigenvalue weighted by Gasteiger charge is 2.26. The Balaban J connectivity index is 2.14. The van der Waals surface area contributed by atoms with Gasteiger partial charge in [-0.05, 0) is 31.5 Å². The zero-order valence-corrected chi connectivity index (χ0v) is 11.5. The molecule has 1 aliphatic rings. The molecule has 4 heteroatoms. The van der Waals surface area contributed by atoms with Crippen molar-refractivity contribution in [1.29, 1.82) is 0 Å². The molecule has 0 saturated carbocycles. The maximum Gasteiger partial charge on any atom is 0.254 e. The molecule has 0 spiro atoms. The number of alkyl halides is 1. The van der Waals surface area contributed by atoms with Crippen LogP contribution in [0.3, 0.4) is 0 Å². The van der Waals surface area contributed by atoms with E-state index in [2.05, 4.69) is 0 Å². The molecule has 18 heavy (non-hydrogen) atoms. The van der Waals surface area contributed by atoms with Gasteiger partial charge in [0, 0.05) is 24.5 Å². The lowest BCUT2D eigenvalue weighted by atomic mass is 10.1. The van der Waals surface area contributed by atoms with Gasteiger partial charge >= 0.3 is 0 Å². The predicted molar refractivity (Wildman–Crippen MR) is 71.9 cm³/mol. The van der Waals surface area contributed by atoms with Gasteiger partial charge in [-0.1, -0.05) is 12.1 Å². The molecule has 0 aliphatic carbocycles. The summed E-state index contributed by atoms with van der Waals surface area (Å²) in [5.41, 5.74) is 1.67. The first-order chi connectivity index (χ1) is 8.60. The Kier molecular flexibility index (Phi) is 4.25. The minimum absolute atomic E-state index is 0.0592. The van der Waals surface area contributed by atoms with E-state index in [4.69, 9.17) is 16.3 Å². The lowest BCUT2D eigenvalue weighted by molar-refractivity contribution is -0.0586. The van der Waals surface area contributed by atoms with Crippen LogP contribution in [0.5, 0.6) is 0 Å². The van der Waals surface area contributed by atoms with Crippen molar-refractivity contribution in [3.63, 3.8) is 0 Å². The monoisotopic (exact) mass is 267 g/mol. The number of nitrogens with zero attached hydrogens (tertiary/aromatic N) is 1. The van der Waals surface area contributed by atoms with Gasteiger partial charge in [0.05, 0.1) is 12.2 Å². The molecular weight excluding hydrogens is 250 g/mol. The molecule has 1 aromatic carbocycles. The maximum atomic E-state index is 12.4. The van der Waals surface area contributed by atoms with Crippen molar-refractivity contribution in [3.05, 3.63) is 35.4 Å². The molecule has 0 radical (unpaired) electrons. The van der Waals surface area contributed by atoms with Gasteiger partial charge in [-0.3, -0.25) is 4.79 Å². The fourth-order valence-corrected chi connectivity index (χ4v) is 2.48. The lowest BCUT2D eigenvalue weighted by Crippen LogP contribution is -2.48. The van der Waals surface area contributed by atoms with Crippen molar-refractivity contribution < 1.29 is 9.53 Å². The maximum absolute atomic E-state index is 12.4. The average molecular weight is 268 g/mol. The Morgan fingerprint density at radius 2 is 2.06 bits per heavy atom. The third kappa shape index (κ3) is 3.03. The van der Waals surface area contributed by atoms with E-state index >= 15 is 0 Å². The number of hydrogen-bond donors (Lipinski definition) is 0. The van der Waals surface area contributed by atoms with Gasteiger partial charge in [0.25, 0.3) is 5.91 Å². The molecule has 98 valence electrons. The van der Waals surface area contributed by atoms with Crippen LogP contribution in [0, 0.1) is 0 Å². The minimum atomic E-state index is 0.0592. The van der Waals surface area contributed by atoms with E-state index in [0.29, 0.717) is 24.5 Å². The van der Waals surface area contributed by atoms with Crippen molar-refractivity contribution in [2.24, 2.45) is 0 Å². The number of carbonyl (C=O) groups excluding carboxylic acids is 1. The summed E-state index contributed by atoms with van der Waals surface area (Å²) in [5, 5.41) is 0. The van der Waals surface area contributed by atoms with E-state index in [1.54, 1.807) is 0 Å². The van der Waals surface area contributed by atoms with E-state index in [-0.39, 0.29) is 18.1 Å². The SMILES string of the molecule is CC1CN(C(=O)c2cccc(CCl)c2)CC(C)O1. The predicted octanol–water partition coefficient (Wildman–Crippen LogP) is 2.67. The van der Waals surface area contributed by atoms with Crippen LogP contribution in [-0.4, -0.2) is 36.1 Å². The second-order valence-corrected chi connectivity index (χ2v) is 5.07. The first kappa shape index (κ1) is 13.4.